The number of aliphatic carboxylic acids is 2. The number of methoxy groups -OCH3 is 4. The molecule has 74 heavy (non-hydrogen) atoms. The Morgan fingerprint density at radius 1 is 0.608 bits per heavy atom. The molecule has 4 aliphatic heterocycles. The number of hydrogen-bond acceptors (Lipinski definition) is 16. The number of H-pyrrole nitrogens is 2. The lowest BCUT2D eigenvalue weighted by atomic mass is 10.0. The van der Waals surface area contributed by atoms with Gasteiger partial charge in [0.25, 0.3) is 0 Å². The lowest BCUT2D eigenvalue weighted by Gasteiger charge is -2.15. The molecule has 0 saturated heterocycles. The Balaban J connectivity index is 0.000000178. The molecular formula is C54H64N6O14. The Bertz CT molecular complexity index is 2800. The van der Waals surface area contributed by atoms with Gasteiger partial charge in [0, 0.05) is 83.1 Å². The van der Waals surface area contributed by atoms with Gasteiger partial charge in [0.1, 0.15) is 12.2 Å². The molecule has 0 radical (unpaired) electrons. The molecule has 6 heterocycles. The van der Waals surface area contributed by atoms with E-state index in [1.165, 1.54) is 44.3 Å². The number of aromatic amines is 2. The van der Waals surface area contributed by atoms with Crippen molar-refractivity contribution in [2.24, 2.45) is 10.3 Å². The number of carboxylic acids is 2. The summed E-state index contributed by atoms with van der Waals surface area (Å²) in [5.74, 6) is 1.28. The van der Waals surface area contributed by atoms with E-state index >= 15 is 0 Å². The Kier molecular flexibility index (Phi) is 17.5. The van der Waals surface area contributed by atoms with Crippen molar-refractivity contribution in [1.29, 1.82) is 0 Å². The molecule has 10 rings (SSSR count). The number of nitrogens with zero attached hydrogens (tertiary/aromatic N) is 2. The van der Waals surface area contributed by atoms with Crippen molar-refractivity contribution >= 4 is 45.2 Å². The molecule has 0 amide bonds. The number of ether oxygens (including phenoxy) is 8. The highest BCUT2D eigenvalue weighted by atomic mass is 16.7. The van der Waals surface area contributed by atoms with Gasteiger partial charge in [-0.3, -0.25) is 0 Å². The summed E-state index contributed by atoms with van der Waals surface area (Å²) < 4.78 is 44.5. The lowest BCUT2D eigenvalue weighted by molar-refractivity contribution is -0.159. The fraction of sp³-hybridized carbons (Fsp3) is 0.407. The highest BCUT2D eigenvalue weighted by Gasteiger charge is 2.32. The fourth-order valence-electron chi connectivity index (χ4n) is 9.64. The molecule has 2 atom stereocenters. The van der Waals surface area contributed by atoms with E-state index in [0.29, 0.717) is 58.8 Å². The van der Waals surface area contributed by atoms with Crippen LogP contribution in [0.5, 0.6) is 46.0 Å². The zero-order valence-corrected chi connectivity index (χ0v) is 42.5. The van der Waals surface area contributed by atoms with Crippen molar-refractivity contribution in [3.05, 3.63) is 94.3 Å². The summed E-state index contributed by atoms with van der Waals surface area (Å²) in [6.45, 7) is 7.92. The summed E-state index contributed by atoms with van der Waals surface area (Å²) >= 11 is 0. The summed E-state index contributed by atoms with van der Waals surface area (Å²) in [7, 11) is 6.50. The van der Waals surface area contributed by atoms with Gasteiger partial charge >= 0.3 is 11.9 Å². The summed E-state index contributed by atoms with van der Waals surface area (Å²) in [4.78, 5) is 36.6. The van der Waals surface area contributed by atoms with E-state index in [1.807, 2.05) is 12.1 Å². The maximum atomic E-state index is 9.10. The van der Waals surface area contributed by atoms with Crippen LogP contribution in [0.25, 0.3) is 21.8 Å². The van der Waals surface area contributed by atoms with Gasteiger partial charge in [0.2, 0.25) is 36.6 Å². The van der Waals surface area contributed by atoms with Crippen molar-refractivity contribution in [3.8, 4) is 46.0 Å². The summed E-state index contributed by atoms with van der Waals surface area (Å²) in [5, 5.41) is 33.1. The molecule has 20 nitrogen and oxygen atoms in total. The number of carboxylic acid groups (broad SMARTS) is 2. The summed E-state index contributed by atoms with van der Waals surface area (Å²) in [5.41, 5.74) is 11.7. The van der Waals surface area contributed by atoms with Crippen LogP contribution in [0.4, 0.5) is 0 Å². The number of carbonyl (C=O) groups is 2. The number of rotatable bonds is 20. The minimum atomic E-state index is -1.82. The third-order valence-corrected chi connectivity index (χ3v) is 13.1. The number of hydrogen-bond donors (Lipinski definition) is 6. The molecule has 0 spiro atoms. The molecule has 0 fully saturated rings. The molecule has 394 valence electrons. The van der Waals surface area contributed by atoms with E-state index in [-0.39, 0.29) is 25.8 Å². The van der Waals surface area contributed by atoms with Crippen LogP contribution < -0.4 is 48.5 Å². The van der Waals surface area contributed by atoms with Gasteiger partial charge in [-0.1, -0.05) is 46.7 Å². The van der Waals surface area contributed by atoms with Gasteiger partial charge in [-0.25, -0.2) is 9.59 Å². The van der Waals surface area contributed by atoms with Gasteiger partial charge < -0.3 is 78.4 Å². The molecule has 6 N–H and O–H groups in total. The average Bonchev–Trinajstić information content (AvgIpc) is 4.29. The lowest BCUT2D eigenvalue weighted by Crippen LogP contribution is -2.24. The number of oxime groups is 2. The van der Waals surface area contributed by atoms with Crippen LogP contribution in [0.3, 0.4) is 0 Å². The van der Waals surface area contributed by atoms with E-state index in [9.17, 15) is 0 Å². The first-order valence-electron chi connectivity index (χ1n) is 24.5. The van der Waals surface area contributed by atoms with Crippen LogP contribution in [-0.4, -0.2) is 124 Å². The second kappa shape index (κ2) is 24.7. The molecular weight excluding hydrogens is 957 g/mol. The van der Waals surface area contributed by atoms with Gasteiger partial charge in [-0.05, 0) is 88.0 Å². The quantitative estimate of drug-likeness (QED) is 0.0322. The van der Waals surface area contributed by atoms with Gasteiger partial charge in [0.05, 0.1) is 39.9 Å². The number of aromatic nitrogens is 2. The molecule has 2 aromatic heterocycles. The second-order valence-corrected chi connectivity index (χ2v) is 18.0. The predicted octanol–water partition coefficient (Wildman–Crippen LogP) is 7.42. The Morgan fingerprint density at radius 3 is 1.41 bits per heavy atom. The molecule has 20 heteroatoms. The number of nitrogens with one attached hydrogen (secondary N) is 4. The van der Waals surface area contributed by atoms with E-state index in [2.05, 4.69) is 93.3 Å². The second-order valence-electron chi connectivity index (χ2n) is 18.0. The van der Waals surface area contributed by atoms with Crippen molar-refractivity contribution in [3.63, 3.8) is 0 Å². The number of para-hydroxylation sites is 2. The van der Waals surface area contributed by atoms with Gasteiger partial charge in [0.15, 0.2) is 23.0 Å². The average molecular weight is 1020 g/mol. The molecule has 6 aromatic rings. The highest BCUT2D eigenvalue weighted by Crippen LogP contribution is 2.51. The fourth-order valence-corrected chi connectivity index (χ4v) is 9.64. The van der Waals surface area contributed by atoms with Crippen LogP contribution in [0.1, 0.15) is 59.3 Å². The topological polar surface area (TPSA) is 247 Å². The molecule has 2 unspecified atom stereocenters. The van der Waals surface area contributed by atoms with Crippen LogP contribution in [0, 0.1) is 13.8 Å². The van der Waals surface area contributed by atoms with Crippen LogP contribution >= 0.6 is 0 Å². The minimum absolute atomic E-state index is 0.0513. The monoisotopic (exact) mass is 1020 g/mol. The number of aryl methyl sites for hydroxylation is 4. The van der Waals surface area contributed by atoms with E-state index < -0.39 is 11.9 Å². The summed E-state index contributed by atoms with van der Waals surface area (Å²) in [6.07, 6.45) is 6.94. The van der Waals surface area contributed by atoms with Crippen LogP contribution in [-0.2, 0) is 44.9 Å². The maximum Gasteiger partial charge on any atom is 0.414 e. The van der Waals surface area contributed by atoms with Gasteiger partial charge in [-0.2, -0.15) is 0 Å². The van der Waals surface area contributed by atoms with Crippen molar-refractivity contribution in [2.75, 3.05) is 68.2 Å². The van der Waals surface area contributed by atoms with Gasteiger partial charge in [-0.15, -0.1) is 0 Å². The Hall–Kier alpha value is -7.84. The third kappa shape index (κ3) is 12.3. The number of benzene rings is 4. The van der Waals surface area contributed by atoms with Crippen molar-refractivity contribution < 1.29 is 67.4 Å². The molecule has 0 bridgehead atoms. The summed E-state index contributed by atoms with van der Waals surface area (Å²) in [6, 6.07) is 20.8. The molecule has 4 aliphatic rings. The first-order chi connectivity index (χ1) is 36.0. The predicted molar refractivity (Wildman–Crippen MR) is 276 cm³/mol. The zero-order chi connectivity index (χ0) is 52.1. The van der Waals surface area contributed by atoms with E-state index in [4.69, 9.17) is 67.4 Å². The first-order valence-corrected chi connectivity index (χ1v) is 24.5. The Morgan fingerprint density at radius 2 is 1.01 bits per heavy atom. The molecule has 0 aliphatic carbocycles. The third-order valence-electron chi connectivity index (χ3n) is 13.1. The SMILES string of the molecule is COc1cc(CC2CC(CNCCCc3c(C)[nH]c4ccccc34)=NO2)c(OC)c2c1OCO2.COc1cc(CC2CC(CNCCCc3c(C)[nH]c4ccccc34)=NO2)c(OC)c2c1OCO2.O=C(O)C(=O)O. The first kappa shape index (κ1) is 52.5. The van der Waals surface area contributed by atoms with E-state index in [1.54, 1.807) is 28.4 Å². The smallest absolute Gasteiger partial charge is 0.414 e. The number of fused-ring (bicyclic) bond motifs is 4. The Labute approximate surface area is 428 Å². The maximum absolute atomic E-state index is 9.10. The minimum Gasteiger partial charge on any atom is -0.493 e. The van der Waals surface area contributed by atoms with Crippen LogP contribution in [0.15, 0.2) is 71.0 Å². The standard InChI is InChI=1S/2C26H31N3O5.C2H2O4/c2*1-16-20(21-7-4-5-9-22(21)28-16)8-6-10-27-14-18-13-19(34-29-18)11-17-12-23(30-2)25-26(24(17)31-3)33-15-32-25;3-1(4)2(5)6/h2*4-5,7,9,12,19,27-28H,6,8,10-11,13-15H2,1-3H3;(H,3,4)(H,5,6). The molecule has 0 saturated carbocycles. The highest BCUT2D eigenvalue weighted by molar-refractivity contribution is 6.27. The normalized spacial score (nSPS) is 15.8. The zero-order valence-electron chi connectivity index (χ0n) is 42.5. The van der Waals surface area contributed by atoms with Crippen LogP contribution in [0.2, 0.25) is 0 Å². The van der Waals surface area contributed by atoms with Crippen molar-refractivity contribution in [2.45, 2.75) is 77.4 Å². The van der Waals surface area contributed by atoms with Crippen molar-refractivity contribution in [1.82, 2.24) is 20.6 Å². The largest absolute Gasteiger partial charge is 0.493 e. The molecule has 4 aromatic carbocycles. The van der Waals surface area contributed by atoms with E-state index in [0.717, 1.165) is 87.3 Å².